The molecule has 0 fully saturated rings. The fourth-order valence-corrected chi connectivity index (χ4v) is 4.12. The van der Waals surface area contributed by atoms with Crippen LogP contribution >= 0.6 is 0 Å². The van der Waals surface area contributed by atoms with Crippen molar-refractivity contribution in [2.24, 2.45) is 4.99 Å². The van der Waals surface area contributed by atoms with Gasteiger partial charge in [0.2, 0.25) is 0 Å². The second kappa shape index (κ2) is 7.02. The third-order valence-electron chi connectivity index (χ3n) is 5.55. The lowest BCUT2D eigenvalue weighted by Gasteiger charge is -2.27. The lowest BCUT2D eigenvalue weighted by molar-refractivity contribution is 0.619. The zero-order valence-corrected chi connectivity index (χ0v) is 16.5. The third-order valence-corrected chi connectivity index (χ3v) is 5.55. The molecule has 0 spiro atoms. The van der Waals surface area contributed by atoms with Crippen LogP contribution in [0.25, 0.3) is 33.4 Å². The molecule has 0 saturated carbocycles. The first kappa shape index (κ1) is 17.8. The molecule has 31 heavy (non-hydrogen) atoms. The van der Waals surface area contributed by atoms with Gasteiger partial charge >= 0.3 is 0 Å². The van der Waals surface area contributed by atoms with Crippen molar-refractivity contribution in [2.75, 3.05) is 11.9 Å². The number of aromatic nitrogens is 5. The minimum absolute atomic E-state index is 0.224. The van der Waals surface area contributed by atoms with Crippen molar-refractivity contribution in [3.63, 3.8) is 0 Å². The van der Waals surface area contributed by atoms with E-state index in [0.717, 1.165) is 58.7 Å². The van der Waals surface area contributed by atoms with Gasteiger partial charge in [-0.15, -0.1) is 0 Å². The Labute approximate surface area is 176 Å². The fourth-order valence-electron chi connectivity index (χ4n) is 4.12. The molecule has 0 amide bonds. The summed E-state index contributed by atoms with van der Waals surface area (Å²) in [5.41, 5.74) is 4.47. The summed E-state index contributed by atoms with van der Waals surface area (Å²) in [6.45, 7) is 1.71. The van der Waals surface area contributed by atoms with Gasteiger partial charge in [-0.05, 0) is 24.6 Å². The highest BCUT2D eigenvalue weighted by atomic mass is 19.1. The van der Waals surface area contributed by atoms with E-state index in [1.54, 1.807) is 24.4 Å². The van der Waals surface area contributed by atoms with Crippen LogP contribution in [0.1, 0.15) is 6.42 Å². The van der Waals surface area contributed by atoms with Gasteiger partial charge in [-0.25, -0.2) is 14.4 Å². The third kappa shape index (κ3) is 2.95. The second-order valence-electron chi connectivity index (χ2n) is 7.49. The Kier molecular flexibility index (Phi) is 4.02. The Morgan fingerprint density at radius 2 is 1.97 bits per heavy atom. The quantitative estimate of drug-likeness (QED) is 0.458. The van der Waals surface area contributed by atoms with Gasteiger partial charge in [0.25, 0.3) is 5.62 Å². The fraction of sp³-hybridized carbons (Fsp3) is 0.130. The van der Waals surface area contributed by atoms with Crippen LogP contribution in [0.3, 0.4) is 0 Å². The van der Waals surface area contributed by atoms with E-state index in [0.29, 0.717) is 0 Å². The van der Waals surface area contributed by atoms with Gasteiger partial charge in [-0.3, -0.25) is 5.10 Å². The maximum Gasteiger partial charge on any atom is 0.251 e. The maximum atomic E-state index is 14.0. The van der Waals surface area contributed by atoms with Crippen molar-refractivity contribution < 1.29 is 4.39 Å². The smallest absolute Gasteiger partial charge is 0.251 e. The average molecular weight is 411 g/mol. The van der Waals surface area contributed by atoms with Crippen LogP contribution in [0.4, 0.5) is 15.9 Å². The molecule has 3 aromatic rings. The molecule has 1 aromatic heterocycles. The minimum atomic E-state index is -0.398. The van der Waals surface area contributed by atoms with Gasteiger partial charge < -0.3 is 9.88 Å². The Hall–Kier alpha value is -4.07. The number of rotatable bonds is 2. The van der Waals surface area contributed by atoms with Gasteiger partial charge in [0, 0.05) is 41.4 Å². The summed E-state index contributed by atoms with van der Waals surface area (Å²) in [5.74, 6) is 1.37. The SMILES string of the molecule is Fc1ccccc1N=c1ncc2cc(-c3cccc4cn[nH]c34)c3n(c-2n1)CCCN3. The number of fused-ring (bicyclic) bond motifs is 4. The summed E-state index contributed by atoms with van der Waals surface area (Å²) in [6.07, 6.45) is 4.56. The van der Waals surface area contributed by atoms with Crippen molar-refractivity contribution >= 4 is 22.4 Å². The van der Waals surface area contributed by atoms with Crippen molar-refractivity contribution in [3.05, 3.63) is 72.4 Å². The molecule has 7 nitrogen and oxygen atoms in total. The van der Waals surface area contributed by atoms with E-state index >= 15 is 0 Å². The molecule has 0 aliphatic carbocycles. The topological polar surface area (TPSA) is 83.8 Å². The molecule has 0 unspecified atom stereocenters. The molecule has 8 heteroatoms. The predicted octanol–water partition coefficient (Wildman–Crippen LogP) is 4.11. The summed E-state index contributed by atoms with van der Waals surface area (Å²) < 4.78 is 16.2. The second-order valence-corrected chi connectivity index (χ2v) is 7.49. The molecule has 2 aromatic carbocycles. The number of nitrogens with zero attached hydrogens (tertiary/aromatic N) is 5. The Morgan fingerprint density at radius 1 is 1.03 bits per heavy atom. The maximum absolute atomic E-state index is 14.0. The van der Waals surface area contributed by atoms with Crippen molar-refractivity contribution in [3.8, 4) is 22.5 Å². The van der Waals surface area contributed by atoms with Crippen molar-refractivity contribution in [1.82, 2.24) is 24.7 Å². The first-order chi connectivity index (χ1) is 15.3. The highest BCUT2D eigenvalue weighted by molar-refractivity contribution is 5.97. The number of pyridine rings is 1. The molecule has 4 heterocycles. The number of hydrogen-bond acceptors (Lipinski definition) is 5. The summed E-state index contributed by atoms with van der Waals surface area (Å²) in [6, 6.07) is 14.6. The van der Waals surface area contributed by atoms with Crippen LogP contribution in [0, 0.1) is 5.82 Å². The zero-order valence-electron chi connectivity index (χ0n) is 16.5. The first-order valence-corrected chi connectivity index (χ1v) is 10.1. The predicted molar refractivity (Wildman–Crippen MR) is 116 cm³/mol. The van der Waals surface area contributed by atoms with Crippen LogP contribution in [0.5, 0.6) is 0 Å². The number of halogens is 1. The molecule has 0 bridgehead atoms. The number of H-pyrrole nitrogens is 1. The van der Waals surface area contributed by atoms with E-state index in [4.69, 9.17) is 0 Å². The van der Waals surface area contributed by atoms with Gasteiger partial charge in [0.05, 0.1) is 11.7 Å². The summed E-state index contributed by atoms with van der Waals surface area (Å²) in [5, 5.41) is 11.9. The van der Waals surface area contributed by atoms with Crippen LogP contribution in [0.2, 0.25) is 0 Å². The van der Waals surface area contributed by atoms with Crippen LogP contribution in [-0.2, 0) is 6.54 Å². The Morgan fingerprint density at radius 3 is 2.90 bits per heavy atom. The molecule has 0 atom stereocenters. The minimum Gasteiger partial charge on any atom is -0.371 e. The number of para-hydroxylation sites is 2. The average Bonchev–Trinajstić information content (AvgIpc) is 3.29. The van der Waals surface area contributed by atoms with Crippen LogP contribution < -0.4 is 10.9 Å². The van der Waals surface area contributed by atoms with E-state index in [1.807, 2.05) is 18.3 Å². The van der Waals surface area contributed by atoms with Crippen LogP contribution in [0.15, 0.2) is 65.9 Å². The Bertz CT molecular complexity index is 1470. The van der Waals surface area contributed by atoms with E-state index in [1.165, 1.54) is 6.07 Å². The van der Waals surface area contributed by atoms with E-state index < -0.39 is 5.82 Å². The molecule has 6 rings (SSSR count). The molecular weight excluding hydrogens is 393 g/mol. The lowest BCUT2D eigenvalue weighted by Crippen LogP contribution is -2.25. The van der Waals surface area contributed by atoms with E-state index in [2.05, 4.69) is 47.2 Å². The molecule has 0 radical (unpaired) electrons. The summed E-state index contributed by atoms with van der Waals surface area (Å²) in [7, 11) is 0. The number of nitrogens with one attached hydrogen (secondary N) is 2. The van der Waals surface area contributed by atoms with E-state index in [9.17, 15) is 4.39 Å². The number of hydrogen-bond donors (Lipinski definition) is 2. The molecule has 0 saturated heterocycles. The van der Waals surface area contributed by atoms with Crippen molar-refractivity contribution in [1.29, 1.82) is 0 Å². The zero-order chi connectivity index (χ0) is 20.8. The normalized spacial score (nSPS) is 14.0. The largest absolute Gasteiger partial charge is 0.371 e. The molecule has 152 valence electrons. The van der Waals surface area contributed by atoms with Gasteiger partial charge in [0.15, 0.2) is 0 Å². The monoisotopic (exact) mass is 411 g/mol. The first-order valence-electron chi connectivity index (χ1n) is 10.1. The van der Waals surface area contributed by atoms with Gasteiger partial charge in [-0.2, -0.15) is 10.1 Å². The number of anilines is 1. The summed E-state index contributed by atoms with van der Waals surface area (Å²) in [4.78, 5) is 13.4. The van der Waals surface area contributed by atoms with Crippen molar-refractivity contribution in [2.45, 2.75) is 13.0 Å². The molecule has 3 aliphatic heterocycles. The molecule has 3 aliphatic rings. The van der Waals surface area contributed by atoms with Crippen LogP contribution in [-0.4, -0.2) is 31.3 Å². The lowest BCUT2D eigenvalue weighted by atomic mass is 10.00. The van der Waals surface area contributed by atoms with Gasteiger partial charge in [0.1, 0.15) is 23.1 Å². The number of aromatic amines is 1. The molecular formula is C23H18FN7. The molecule has 2 N–H and O–H groups in total. The van der Waals surface area contributed by atoms with E-state index in [-0.39, 0.29) is 11.3 Å². The highest BCUT2D eigenvalue weighted by Gasteiger charge is 2.22. The standard InChI is InChI=1S/C23H18FN7/c24-18-7-1-2-8-19(18)28-23-26-12-15-11-17(16-6-3-5-14-13-27-30-20(14)16)22-25-9-4-10-31(22)21(15)29-23/h1-3,5-8,11-13,25H,4,9-10H2,(H,27,30). The highest BCUT2D eigenvalue weighted by Crippen LogP contribution is 2.38. The number of benzene rings is 2. The van der Waals surface area contributed by atoms with Gasteiger partial charge in [-0.1, -0.05) is 30.3 Å². The Balaban J connectivity index is 1.60. The summed E-state index contributed by atoms with van der Waals surface area (Å²) >= 11 is 0.